The molecule has 0 radical (unpaired) electrons. The van der Waals surface area contributed by atoms with Crippen molar-refractivity contribution >= 4 is 46.5 Å². The van der Waals surface area contributed by atoms with Crippen molar-refractivity contribution < 1.29 is 39.6 Å². The molecule has 46 heavy (non-hydrogen) atoms. The van der Waals surface area contributed by atoms with Gasteiger partial charge in [-0.3, -0.25) is 19.2 Å². The van der Waals surface area contributed by atoms with E-state index < -0.39 is 48.0 Å². The zero-order valence-corrected chi connectivity index (χ0v) is 26.8. The third kappa shape index (κ3) is 18.7. The lowest BCUT2D eigenvalue weighted by atomic mass is 10.1. The molecule has 1 aromatic heterocycles. The minimum absolute atomic E-state index is 0.347. The van der Waals surface area contributed by atoms with Crippen LogP contribution < -0.4 is 28.7 Å². The molecule has 256 valence electrons. The largest absolute Gasteiger partial charge is 0.480 e. The summed E-state index contributed by atoms with van der Waals surface area (Å²) in [5.74, 6) is -2.96. The summed E-state index contributed by atoms with van der Waals surface area (Å²) in [5, 5.41) is 34.9. The second-order valence-electron chi connectivity index (χ2n) is 10.1. The lowest BCUT2D eigenvalue weighted by Crippen LogP contribution is -2.32. The van der Waals surface area contributed by atoms with E-state index in [1.807, 2.05) is 67.0 Å². The first-order valence-corrected chi connectivity index (χ1v) is 15.9. The Morgan fingerprint density at radius 3 is 1.72 bits per heavy atom. The van der Waals surface area contributed by atoms with Crippen molar-refractivity contribution in [2.75, 3.05) is 18.6 Å². The summed E-state index contributed by atoms with van der Waals surface area (Å²) in [6.45, 7) is 0.604. The molecular weight excluding hydrogens is 616 g/mol. The SMILES string of the molecule is CSCCC(N)C(=O)O.NC(Cc1c[nH]c2ccccc12)C(=O)O.NC(Cc1ccccc1)C(=O)O.NCCCCC(N)C(=O)O. The molecule has 4 unspecified atom stereocenters. The number of unbranched alkanes of at least 4 members (excludes halogenated alkanes) is 1. The number of hydrogen-bond donors (Lipinski definition) is 10. The van der Waals surface area contributed by atoms with Gasteiger partial charge in [0.1, 0.15) is 24.2 Å². The number of rotatable bonds is 15. The van der Waals surface area contributed by atoms with Crippen molar-refractivity contribution in [3.8, 4) is 0 Å². The van der Waals surface area contributed by atoms with Crippen molar-refractivity contribution in [2.45, 2.75) is 62.7 Å². The number of benzene rings is 2. The number of nitrogens with two attached hydrogens (primary N) is 5. The highest BCUT2D eigenvalue weighted by molar-refractivity contribution is 7.98. The molecular formula is C31H48N6O8S. The van der Waals surface area contributed by atoms with Crippen LogP contribution in [0.15, 0.2) is 60.8 Å². The van der Waals surface area contributed by atoms with Gasteiger partial charge in [0, 0.05) is 23.5 Å². The van der Waals surface area contributed by atoms with Gasteiger partial charge in [0.05, 0.1) is 0 Å². The Balaban J connectivity index is 0.000000601. The second-order valence-corrected chi connectivity index (χ2v) is 11.1. The van der Waals surface area contributed by atoms with Gasteiger partial charge in [0.15, 0.2) is 0 Å². The topological polar surface area (TPSA) is 295 Å². The molecule has 0 fully saturated rings. The maximum Gasteiger partial charge on any atom is 0.320 e. The number of aromatic amines is 1. The van der Waals surface area contributed by atoms with Crippen molar-refractivity contribution in [3.05, 3.63) is 71.9 Å². The van der Waals surface area contributed by atoms with Crippen LogP contribution in [0.25, 0.3) is 10.9 Å². The maximum atomic E-state index is 10.6. The molecule has 0 aliphatic rings. The van der Waals surface area contributed by atoms with Crippen LogP contribution in [0.3, 0.4) is 0 Å². The zero-order valence-electron chi connectivity index (χ0n) is 26.0. The van der Waals surface area contributed by atoms with E-state index in [9.17, 15) is 19.2 Å². The minimum Gasteiger partial charge on any atom is -0.480 e. The Morgan fingerprint density at radius 1 is 0.696 bits per heavy atom. The highest BCUT2D eigenvalue weighted by Crippen LogP contribution is 2.18. The van der Waals surface area contributed by atoms with Gasteiger partial charge in [-0.25, -0.2) is 0 Å². The number of carbonyl (C=O) groups is 4. The predicted molar refractivity (Wildman–Crippen MR) is 180 cm³/mol. The predicted octanol–water partition coefficient (Wildman–Crippen LogP) is 1.44. The fraction of sp³-hybridized carbons (Fsp3) is 0.419. The molecule has 0 bridgehead atoms. The molecule has 4 atom stereocenters. The molecule has 0 saturated heterocycles. The minimum atomic E-state index is -0.972. The number of carboxylic acids is 4. The van der Waals surface area contributed by atoms with Crippen LogP contribution in [0.5, 0.6) is 0 Å². The standard InChI is InChI=1S/C11H12N2O2.C9H11NO2.C6H14N2O2.C5H11NO2S/c12-9(11(14)15)5-7-6-13-10-4-2-1-3-8(7)10;10-8(9(11)12)6-7-4-2-1-3-5-7;7-4-2-1-3-5(8)6(9)10;1-9-3-2-4(6)5(7)8/h1-4,6,9,13H,5,12H2,(H,14,15);1-5,8H,6,10H2,(H,11,12);5H,1-4,7-8H2,(H,9,10);4H,2-3,6H2,1H3,(H,7,8). The summed E-state index contributed by atoms with van der Waals surface area (Å²) in [6, 6.07) is 14.1. The number of H-pyrrole nitrogens is 1. The summed E-state index contributed by atoms with van der Waals surface area (Å²) < 4.78 is 0. The summed E-state index contributed by atoms with van der Waals surface area (Å²) in [5.41, 5.74) is 29.3. The highest BCUT2D eigenvalue weighted by atomic mass is 32.2. The molecule has 1 heterocycles. The monoisotopic (exact) mass is 664 g/mol. The average molecular weight is 665 g/mol. The van der Waals surface area contributed by atoms with Gasteiger partial charge in [-0.05, 0) is 61.4 Å². The molecule has 2 aromatic carbocycles. The van der Waals surface area contributed by atoms with Crippen LogP contribution in [-0.2, 0) is 32.0 Å². The Labute approximate surface area is 272 Å². The first-order chi connectivity index (χ1) is 21.7. The summed E-state index contributed by atoms with van der Waals surface area (Å²) in [6.07, 6.45) is 7.19. The van der Waals surface area contributed by atoms with Gasteiger partial charge in [-0.2, -0.15) is 11.8 Å². The summed E-state index contributed by atoms with van der Waals surface area (Å²) in [7, 11) is 0. The second kappa shape index (κ2) is 24.3. The number of thioether (sulfide) groups is 1. The fourth-order valence-electron chi connectivity index (χ4n) is 3.58. The molecule has 3 aromatic rings. The summed E-state index contributed by atoms with van der Waals surface area (Å²) >= 11 is 1.60. The number of fused-ring (bicyclic) bond motifs is 1. The normalized spacial score (nSPS) is 12.8. The van der Waals surface area contributed by atoms with Gasteiger partial charge in [-0.1, -0.05) is 55.0 Å². The molecule has 0 saturated carbocycles. The lowest BCUT2D eigenvalue weighted by molar-refractivity contribution is -0.139. The number of carboxylic acid groups (broad SMARTS) is 4. The molecule has 15 N–H and O–H groups in total. The Morgan fingerprint density at radius 2 is 1.20 bits per heavy atom. The molecule has 0 amide bonds. The number of aromatic nitrogens is 1. The molecule has 14 nitrogen and oxygen atoms in total. The fourth-order valence-corrected chi connectivity index (χ4v) is 4.07. The first-order valence-electron chi connectivity index (χ1n) is 14.5. The van der Waals surface area contributed by atoms with Crippen molar-refractivity contribution in [2.24, 2.45) is 28.7 Å². The number of hydrogen-bond acceptors (Lipinski definition) is 10. The third-order valence-corrected chi connectivity index (χ3v) is 6.93. The molecule has 0 aliphatic heterocycles. The molecule has 15 heteroatoms. The van der Waals surface area contributed by atoms with E-state index in [0.29, 0.717) is 32.2 Å². The van der Waals surface area contributed by atoms with E-state index in [1.54, 1.807) is 11.8 Å². The zero-order chi connectivity index (χ0) is 35.1. The van der Waals surface area contributed by atoms with Crippen LogP contribution in [0.2, 0.25) is 0 Å². The van der Waals surface area contributed by atoms with Gasteiger partial charge < -0.3 is 54.1 Å². The van der Waals surface area contributed by atoms with Crippen LogP contribution in [0, 0.1) is 0 Å². The number of aliphatic carboxylic acids is 4. The first kappa shape index (κ1) is 42.0. The Hall–Kier alpha value is -3.99. The van der Waals surface area contributed by atoms with Crippen LogP contribution in [0.4, 0.5) is 0 Å². The van der Waals surface area contributed by atoms with Gasteiger partial charge in [-0.15, -0.1) is 0 Å². The van der Waals surface area contributed by atoms with E-state index in [4.69, 9.17) is 49.1 Å². The molecule has 0 aliphatic carbocycles. The summed E-state index contributed by atoms with van der Waals surface area (Å²) in [4.78, 5) is 44.3. The van der Waals surface area contributed by atoms with E-state index in [-0.39, 0.29) is 0 Å². The number of nitrogens with one attached hydrogen (secondary N) is 1. The van der Waals surface area contributed by atoms with Crippen LogP contribution in [-0.4, -0.2) is 92.0 Å². The van der Waals surface area contributed by atoms with Crippen molar-refractivity contribution in [1.82, 2.24) is 4.98 Å². The van der Waals surface area contributed by atoms with E-state index >= 15 is 0 Å². The molecule has 3 rings (SSSR count). The lowest BCUT2D eigenvalue weighted by Gasteiger charge is -2.04. The van der Waals surface area contributed by atoms with Crippen LogP contribution >= 0.6 is 11.8 Å². The smallest absolute Gasteiger partial charge is 0.320 e. The van der Waals surface area contributed by atoms with Gasteiger partial charge in [0.2, 0.25) is 0 Å². The van der Waals surface area contributed by atoms with E-state index in [0.717, 1.165) is 40.6 Å². The Bertz CT molecular complexity index is 1310. The van der Waals surface area contributed by atoms with E-state index in [2.05, 4.69) is 4.98 Å². The van der Waals surface area contributed by atoms with Gasteiger partial charge in [0.25, 0.3) is 0 Å². The van der Waals surface area contributed by atoms with Crippen molar-refractivity contribution in [3.63, 3.8) is 0 Å². The third-order valence-electron chi connectivity index (χ3n) is 6.28. The van der Waals surface area contributed by atoms with Crippen molar-refractivity contribution in [1.29, 1.82) is 0 Å². The maximum absolute atomic E-state index is 10.6. The Kier molecular flexibility index (Phi) is 22.2. The highest BCUT2D eigenvalue weighted by Gasteiger charge is 2.14. The van der Waals surface area contributed by atoms with E-state index in [1.165, 1.54) is 0 Å². The quantitative estimate of drug-likeness (QED) is 0.103. The average Bonchev–Trinajstić information content (AvgIpc) is 3.43. The number of para-hydroxylation sites is 1. The van der Waals surface area contributed by atoms with Gasteiger partial charge >= 0.3 is 23.9 Å². The molecule has 0 spiro atoms. The van der Waals surface area contributed by atoms with Crippen LogP contribution in [0.1, 0.15) is 36.8 Å².